The van der Waals surface area contributed by atoms with Crippen LogP contribution in [0.3, 0.4) is 0 Å². The van der Waals surface area contributed by atoms with Crippen LogP contribution < -0.4 is 9.80 Å². The van der Waals surface area contributed by atoms with E-state index in [0.29, 0.717) is 22.3 Å². The summed E-state index contributed by atoms with van der Waals surface area (Å²) < 4.78 is 68.5. The minimum Gasteiger partial charge on any atom is -0.313 e. The van der Waals surface area contributed by atoms with Crippen molar-refractivity contribution < 1.29 is 26.7 Å². The van der Waals surface area contributed by atoms with Crippen LogP contribution in [-0.4, -0.2) is 24.0 Å². The Morgan fingerprint density at radius 2 is 1.79 bits per heavy atom. The van der Waals surface area contributed by atoms with Crippen molar-refractivity contribution in [3.63, 3.8) is 0 Å². The number of nitrogens with zero attached hydrogens (tertiary/aromatic N) is 3. The molecule has 3 aromatic rings. The number of aryl methyl sites for hydroxylation is 1. The Hall–Kier alpha value is -2.91. The molecule has 0 fully saturated rings. The number of aromatic nitrogens is 1. The summed E-state index contributed by atoms with van der Waals surface area (Å²) in [6.45, 7) is 1.41. The van der Waals surface area contributed by atoms with Crippen LogP contribution >= 0.6 is 23.2 Å². The van der Waals surface area contributed by atoms with E-state index in [9.17, 15) is 26.7 Å². The molecule has 4 nitrogen and oxygen atoms in total. The zero-order valence-electron chi connectivity index (χ0n) is 17.7. The lowest BCUT2D eigenvalue weighted by molar-refractivity contribution is -0.137. The summed E-state index contributed by atoms with van der Waals surface area (Å²) in [4.78, 5) is 20.1. The number of rotatable bonds is 3. The molecular weight excluding hydrogens is 500 g/mol. The fourth-order valence-corrected chi connectivity index (χ4v) is 4.30. The van der Waals surface area contributed by atoms with Gasteiger partial charge in [0.25, 0.3) is 0 Å². The molecule has 34 heavy (non-hydrogen) atoms. The predicted octanol–water partition coefficient (Wildman–Crippen LogP) is 6.72. The van der Waals surface area contributed by atoms with Crippen molar-refractivity contribution in [2.75, 3.05) is 16.8 Å². The van der Waals surface area contributed by atoms with E-state index >= 15 is 0 Å². The van der Waals surface area contributed by atoms with Crippen molar-refractivity contribution in [2.24, 2.45) is 0 Å². The number of hydrogen-bond donors (Lipinski definition) is 0. The molecule has 1 atom stereocenters. The molecule has 0 saturated carbocycles. The molecule has 0 spiro atoms. The van der Waals surface area contributed by atoms with Gasteiger partial charge in [0.1, 0.15) is 23.5 Å². The quantitative estimate of drug-likeness (QED) is 0.287. The Kier molecular flexibility index (Phi) is 6.20. The highest BCUT2D eigenvalue weighted by Crippen LogP contribution is 2.42. The Morgan fingerprint density at radius 1 is 1.09 bits per heavy atom. The van der Waals surface area contributed by atoms with Gasteiger partial charge in [-0.3, -0.25) is 4.79 Å². The van der Waals surface area contributed by atoms with Gasteiger partial charge < -0.3 is 9.80 Å². The molecule has 1 amide bonds. The van der Waals surface area contributed by atoms with Gasteiger partial charge in [-0.15, -0.1) is 0 Å². The van der Waals surface area contributed by atoms with E-state index in [0.717, 1.165) is 23.1 Å². The third kappa shape index (κ3) is 4.42. The lowest BCUT2D eigenvalue weighted by Crippen LogP contribution is -2.45. The van der Waals surface area contributed by atoms with Crippen LogP contribution in [0.4, 0.5) is 39.1 Å². The SMILES string of the molecule is Cc1cc(C(F)(F)F)cc(N2c3ccc(Cl)cc3CC2C(=O)N(C)c2cc(Cl)c(F)cc2F)n1. The van der Waals surface area contributed by atoms with E-state index in [1.54, 1.807) is 18.2 Å². The number of hydrogen-bond acceptors (Lipinski definition) is 3. The first-order chi connectivity index (χ1) is 15.9. The second kappa shape index (κ2) is 8.70. The molecule has 1 aromatic heterocycles. The molecule has 0 radical (unpaired) electrons. The highest BCUT2D eigenvalue weighted by atomic mass is 35.5. The van der Waals surface area contributed by atoms with E-state index in [-0.39, 0.29) is 28.6 Å². The van der Waals surface area contributed by atoms with Gasteiger partial charge in [-0.05, 0) is 48.9 Å². The summed E-state index contributed by atoms with van der Waals surface area (Å²) in [7, 11) is 1.27. The molecule has 2 aromatic carbocycles. The summed E-state index contributed by atoms with van der Waals surface area (Å²) in [5.74, 6) is -2.77. The van der Waals surface area contributed by atoms with Crippen LogP contribution in [0.5, 0.6) is 0 Å². The monoisotopic (exact) mass is 515 g/mol. The van der Waals surface area contributed by atoms with Gasteiger partial charge in [0.05, 0.1) is 16.3 Å². The fourth-order valence-electron chi connectivity index (χ4n) is 3.95. The first-order valence-corrected chi connectivity index (χ1v) is 10.7. The second-order valence-corrected chi connectivity index (χ2v) is 8.67. The maximum Gasteiger partial charge on any atom is 0.416 e. The lowest BCUT2D eigenvalue weighted by Gasteiger charge is -2.30. The third-order valence-corrected chi connectivity index (χ3v) is 6.03. The number of halogens is 7. The first kappa shape index (κ1) is 24.2. The van der Waals surface area contributed by atoms with Gasteiger partial charge in [0.2, 0.25) is 5.91 Å². The molecule has 178 valence electrons. The van der Waals surface area contributed by atoms with Crippen molar-refractivity contribution in [3.8, 4) is 0 Å². The lowest BCUT2D eigenvalue weighted by atomic mass is 10.1. The zero-order chi connectivity index (χ0) is 24.9. The number of fused-ring (bicyclic) bond motifs is 1. The Morgan fingerprint density at radius 3 is 2.47 bits per heavy atom. The van der Waals surface area contributed by atoms with Gasteiger partial charge in [-0.1, -0.05) is 23.2 Å². The molecule has 2 heterocycles. The van der Waals surface area contributed by atoms with Crippen molar-refractivity contribution in [1.82, 2.24) is 4.98 Å². The Balaban J connectivity index is 1.82. The maximum atomic E-state index is 14.4. The number of carbonyl (C=O) groups is 1. The van der Waals surface area contributed by atoms with Gasteiger partial charge >= 0.3 is 6.18 Å². The Bertz CT molecular complexity index is 1300. The standard InChI is InChI=1S/C23H16Cl2F5N3O/c1-11-5-13(23(28,29)30)8-21(31-11)33-18-4-3-14(24)6-12(18)7-20(33)22(34)32(2)19-9-15(25)16(26)10-17(19)27/h3-6,8-10,20H,7H2,1-2H3. The van der Waals surface area contributed by atoms with E-state index < -0.39 is 35.3 Å². The number of amides is 1. The number of benzene rings is 2. The summed E-state index contributed by atoms with van der Waals surface area (Å²) in [5, 5.41) is -0.00531. The summed E-state index contributed by atoms with van der Waals surface area (Å²) in [6.07, 6.45) is -4.55. The minimum atomic E-state index is -4.63. The van der Waals surface area contributed by atoms with Crippen molar-refractivity contribution in [3.05, 3.63) is 81.0 Å². The van der Waals surface area contributed by atoms with E-state index in [1.807, 2.05) is 0 Å². The van der Waals surface area contributed by atoms with Crippen molar-refractivity contribution in [1.29, 1.82) is 0 Å². The van der Waals surface area contributed by atoms with E-state index in [4.69, 9.17) is 23.2 Å². The summed E-state index contributed by atoms with van der Waals surface area (Å²) in [6, 6.07) is 6.94. The molecule has 0 N–H and O–H groups in total. The Labute approximate surface area is 201 Å². The summed E-state index contributed by atoms with van der Waals surface area (Å²) >= 11 is 11.9. The van der Waals surface area contributed by atoms with Crippen LogP contribution in [0.25, 0.3) is 0 Å². The molecule has 0 aliphatic carbocycles. The molecule has 11 heteroatoms. The van der Waals surface area contributed by atoms with Crippen molar-refractivity contribution in [2.45, 2.75) is 25.6 Å². The number of alkyl halides is 3. The number of pyridine rings is 1. The van der Waals surface area contributed by atoms with Crippen LogP contribution in [0.2, 0.25) is 10.0 Å². The van der Waals surface area contributed by atoms with Crippen LogP contribution in [0.15, 0.2) is 42.5 Å². The smallest absolute Gasteiger partial charge is 0.313 e. The zero-order valence-corrected chi connectivity index (χ0v) is 19.2. The third-order valence-electron chi connectivity index (χ3n) is 5.51. The largest absolute Gasteiger partial charge is 0.416 e. The number of anilines is 3. The average molecular weight is 516 g/mol. The molecule has 0 bridgehead atoms. The maximum absolute atomic E-state index is 14.4. The van der Waals surface area contributed by atoms with Crippen molar-refractivity contribution >= 4 is 46.3 Å². The van der Waals surface area contributed by atoms with Gasteiger partial charge in [0, 0.05) is 35.9 Å². The fraction of sp³-hybridized carbons (Fsp3) is 0.217. The number of carbonyl (C=O) groups excluding carboxylic acids is 1. The van der Waals surface area contributed by atoms with Gasteiger partial charge in [0.15, 0.2) is 0 Å². The van der Waals surface area contributed by atoms with Gasteiger partial charge in [-0.25, -0.2) is 13.8 Å². The van der Waals surface area contributed by atoms with Gasteiger partial charge in [-0.2, -0.15) is 13.2 Å². The van der Waals surface area contributed by atoms with Crippen LogP contribution in [0, 0.1) is 18.6 Å². The molecule has 1 aliphatic heterocycles. The molecule has 4 rings (SSSR count). The molecule has 1 unspecified atom stereocenters. The minimum absolute atomic E-state index is 0.0760. The van der Waals surface area contributed by atoms with E-state index in [2.05, 4.69) is 4.98 Å². The first-order valence-electron chi connectivity index (χ1n) is 9.92. The second-order valence-electron chi connectivity index (χ2n) is 7.83. The highest BCUT2D eigenvalue weighted by Gasteiger charge is 2.40. The predicted molar refractivity (Wildman–Crippen MR) is 120 cm³/mol. The molecular formula is C23H16Cl2F5N3O. The highest BCUT2D eigenvalue weighted by molar-refractivity contribution is 6.31. The van der Waals surface area contributed by atoms with Crippen LogP contribution in [-0.2, 0) is 17.4 Å². The topological polar surface area (TPSA) is 36.4 Å². The van der Waals surface area contributed by atoms with E-state index in [1.165, 1.54) is 18.9 Å². The normalized spacial score (nSPS) is 15.4. The number of likely N-dealkylation sites (N-methyl/N-ethyl adjacent to an activating group) is 1. The molecule has 1 aliphatic rings. The molecule has 0 saturated heterocycles. The average Bonchev–Trinajstić information content (AvgIpc) is 3.12. The van der Waals surface area contributed by atoms with Crippen LogP contribution in [0.1, 0.15) is 16.8 Å². The summed E-state index contributed by atoms with van der Waals surface area (Å²) in [5.41, 5.74) is -0.0521.